The van der Waals surface area contributed by atoms with Crippen LogP contribution in [0.3, 0.4) is 0 Å². The quantitative estimate of drug-likeness (QED) is 0.267. The van der Waals surface area contributed by atoms with Crippen LogP contribution in [0.15, 0.2) is 64.2 Å². The molecule has 0 saturated heterocycles. The standard InChI is InChI=1S/C28H35N3O4/c1-4-5-6-10-17-31(19-21-13-15-22(16-14-21)30(2)3)25-24(26(32)27(25)33)29-23(28(34)35)18-20-11-8-7-9-12-20/h7-9,11-16,23,29H,4-6,10,17-19H2,1-3H3,(H,34,35)/t23-/m0/s1. The van der Waals surface area contributed by atoms with Crippen LogP contribution in [-0.2, 0) is 17.8 Å². The van der Waals surface area contributed by atoms with Gasteiger partial charge in [0.15, 0.2) is 0 Å². The normalized spacial score (nSPS) is 11.9. The van der Waals surface area contributed by atoms with Crippen molar-refractivity contribution >= 4 is 23.0 Å². The Balaban J connectivity index is 1.85. The van der Waals surface area contributed by atoms with Gasteiger partial charge in [-0.1, -0.05) is 68.7 Å². The monoisotopic (exact) mass is 477 g/mol. The van der Waals surface area contributed by atoms with Crippen molar-refractivity contribution in [3.63, 3.8) is 0 Å². The van der Waals surface area contributed by atoms with Crippen molar-refractivity contribution in [3.8, 4) is 0 Å². The first kappa shape index (κ1) is 26.0. The van der Waals surface area contributed by atoms with Crippen LogP contribution in [0.25, 0.3) is 0 Å². The summed E-state index contributed by atoms with van der Waals surface area (Å²) < 4.78 is 0. The summed E-state index contributed by atoms with van der Waals surface area (Å²) in [6.45, 7) is 3.22. The Morgan fingerprint density at radius 2 is 1.60 bits per heavy atom. The van der Waals surface area contributed by atoms with Crippen molar-refractivity contribution in [2.75, 3.05) is 35.8 Å². The molecule has 0 spiro atoms. The SMILES string of the molecule is CCCCCCN(Cc1ccc(N(C)C)cc1)c1c(N[C@@H](Cc2ccccc2)C(=O)O)c(=O)c1=O. The Hall–Kier alpha value is -3.61. The summed E-state index contributed by atoms with van der Waals surface area (Å²) >= 11 is 0. The van der Waals surface area contributed by atoms with E-state index in [4.69, 9.17) is 0 Å². The molecule has 7 nitrogen and oxygen atoms in total. The van der Waals surface area contributed by atoms with Gasteiger partial charge in [0.25, 0.3) is 10.9 Å². The van der Waals surface area contributed by atoms with Crippen LogP contribution in [0.2, 0.25) is 0 Å². The maximum Gasteiger partial charge on any atom is 0.326 e. The van der Waals surface area contributed by atoms with E-state index in [1.807, 2.05) is 78.5 Å². The zero-order chi connectivity index (χ0) is 25.4. The van der Waals surface area contributed by atoms with E-state index in [1.54, 1.807) is 0 Å². The van der Waals surface area contributed by atoms with Crippen LogP contribution in [0.5, 0.6) is 0 Å². The molecule has 0 aliphatic rings. The maximum absolute atomic E-state index is 12.7. The van der Waals surface area contributed by atoms with Gasteiger partial charge in [0, 0.05) is 39.3 Å². The number of hydrogen-bond acceptors (Lipinski definition) is 6. The van der Waals surface area contributed by atoms with E-state index in [0.29, 0.717) is 18.8 Å². The van der Waals surface area contributed by atoms with Crippen LogP contribution in [0.1, 0.15) is 43.7 Å². The number of carboxylic acids is 1. The van der Waals surface area contributed by atoms with Crippen LogP contribution >= 0.6 is 0 Å². The lowest BCUT2D eigenvalue weighted by atomic mass is 10.0. The summed E-state index contributed by atoms with van der Waals surface area (Å²) in [7, 11) is 3.95. The molecule has 0 radical (unpaired) electrons. The number of benzene rings is 2. The van der Waals surface area contributed by atoms with Crippen LogP contribution in [-0.4, -0.2) is 37.8 Å². The second kappa shape index (κ2) is 12.2. The number of carboxylic acid groups (broad SMARTS) is 1. The number of nitrogens with one attached hydrogen (secondary N) is 1. The molecule has 0 heterocycles. The van der Waals surface area contributed by atoms with E-state index < -0.39 is 22.9 Å². The van der Waals surface area contributed by atoms with Gasteiger partial charge in [0.05, 0.1) is 0 Å². The van der Waals surface area contributed by atoms with Crippen molar-refractivity contribution in [1.82, 2.24) is 0 Å². The minimum atomic E-state index is -1.07. The number of unbranched alkanes of at least 4 members (excludes halogenated alkanes) is 3. The lowest BCUT2D eigenvalue weighted by Gasteiger charge is -2.29. The van der Waals surface area contributed by atoms with E-state index in [-0.39, 0.29) is 12.1 Å². The van der Waals surface area contributed by atoms with Crippen molar-refractivity contribution in [3.05, 3.63) is 86.2 Å². The van der Waals surface area contributed by atoms with E-state index in [1.165, 1.54) is 0 Å². The topological polar surface area (TPSA) is 89.9 Å². The fraction of sp³-hybridized carbons (Fsp3) is 0.393. The lowest BCUT2D eigenvalue weighted by molar-refractivity contribution is -0.137. The molecule has 0 aromatic heterocycles. The van der Waals surface area contributed by atoms with Crippen molar-refractivity contribution in [2.45, 2.75) is 51.6 Å². The van der Waals surface area contributed by atoms with Gasteiger partial charge in [0.2, 0.25) is 0 Å². The van der Waals surface area contributed by atoms with Crippen LogP contribution in [0, 0.1) is 0 Å². The zero-order valence-electron chi connectivity index (χ0n) is 20.8. The Bertz CT molecular complexity index is 1170. The molecule has 3 aromatic carbocycles. The third-order valence-corrected chi connectivity index (χ3v) is 6.21. The molecule has 0 fully saturated rings. The molecule has 0 aliphatic heterocycles. The highest BCUT2D eigenvalue weighted by Gasteiger charge is 2.30. The van der Waals surface area contributed by atoms with Crippen LogP contribution in [0.4, 0.5) is 17.1 Å². The van der Waals surface area contributed by atoms with Gasteiger partial charge >= 0.3 is 5.97 Å². The molecule has 35 heavy (non-hydrogen) atoms. The number of nitrogens with zero attached hydrogens (tertiary/aromatic N) is 2. The summed E-state index contributed by atoms with van der Waals surface area (Å²) in [5.74, 6) is -1.07. The van der Waals surface area contributed by atoms with Crippen molar-refractivity contribution in [2.24, 2.45) is 0 Å². The van der Waals surface area contributed by atoms with Gasteiger partial charge < -0.3 is 20.2 Å². The van der Waals surface area contributed by atoms with Gasteiger partial charge in [-0.05, 0) is 29.7 Å². The first-order chi connectivity index (χ1) is 16.8. The summed E-state index contributed by atoms with van der Waals surface area (Å²) in [6, 6.07) is 16.3. The average Bonchev–Trinajstić information content (AvgIpc) is 2.85. The zero-order valence-corrected chi connectivity index (χ0v) is 20.8. The predicted octanol–water partition coefficient (Wildman–Crippen LogP) is 4.04. The van der Waals surface area contributed by atoms with E-state index >= 15 is 0 Å². The Morgan fingerprint density at radius 3 is 2.20 bits per heavy atom. The molecule has 0 aliphatic carbocycles. The predicted molar refractivity (Wildman–Crippen MR) is 143 cm³/mol. The van der Waals surface area contributed by atoms with Gasteiger partial charge in [0.1, 0.15) is 17.4 Å². The number of hydrogen-bond donors (Lipinski definition) is 2. The van der Waals surface area contributed by atoms with Gasteiger partial charge in [-0.2, -0.15) is 0 Å². The second-order valence-electron chi connectivity index (χ2n) is 9.15. The average molecular weight is 478 g/mol. The van der Waals surface area contributed by atoms with Gasteiger partial charge in [-0.25, -0.2) is 4.79 Å². The summed E-state index contributed by atoms with van der Waals surface area (Å²) in [6.07, 6.45) is 4.31. The summed E-state index contributed by atoms with van der Waals surface area (Å²) in [4.78, 5) is 41.2. The molecule has 186 valence electrons. The molecule has 2 N–H and O–H groups in total. The van der Waals surface area contributed by atoms with Crippen LogP contribution < -0.4 is 26.0 Å². The Morgan fingerprint density at radius 1 is 0.914 bits per heavy atom. The lowest BCUT2D eigenvalue weighted by Crippen LogP contribution is -2.45. The highest BCUT2D eigenvalue weighted by atomic mass is 16.4. The van der Waals surface area contributed by atoms with E-state index in [0.717, 1.165) is 42.5 Å². The van der Waals surface area contributed by atoms with E-state index in [2.05, 4.69) is 12.2 Å². The number of aliphatic carboxylic acids is 1. The molecule has 0 unspecified atom stereocenters. The molecule has 0 amide bonds. The van der Waals surface area contributed by atoms with E-state index in [9.17, 15) is 19.5 Å². The largest absolute Gasteiger partial charge is 0.480 e. The van der Waals surface area contributed by atoms with Crippen molar-refractivity contribution < 1.29 is 9.90 Å². The highest BCUT2D eigenvalue weighted by Crippen LogP contribution is 2.25. The minimum absolute atomic E-state index is 0.110. The fourth-order valence-corrected chi connectivity index (χ4v) is 4.16. The molecular formula is C28H35N3O4. The van der Waals surface area contributed by atoms with Gasteiger partial charge in [-0.3, -0.25) is 9.59 Å². The summed E-state index contributed by atoms with van der Waals surface area (Å²) in [5.41, 5.74) is 2.12. The first-order valence-corrected chi connectivity index (χ1v) is 12.2. The molecule has 0 saturated carbocycles. The van der Waals surface area contributed by atoms with Crippen molar-refractivity contribution in [1.29, 1.82) is 0 Å². The molecule has 0 bridgehead atoms. The highest BCUT2D eigenvalue weighted by molar-refractivity contribution is 5.83. The minimum Gasteiger partial charge on any atom is -0.480 e. The fourth-order valence-electron chi connectivity index (χ4n) is 4.16. The molecular weight excluding hydrogens is 442 g/mol. The molecule has 3 rings (SSSR count). The Kier molecular flexibility index (Phi) is 9.06. The second-order valence-corrected chi connectivity index (χ2v) is 9.15. The first-order valence-electron chi connectivity index (χ1n) is 12.2. The molecule has 7 heteroatoms. The number of carbonyl (C=O) groups is 1. The van der Waals surface area contributed by atoms with Gasteiger partial charge in [-0.15, -0.1) is 0 Å². The molecule has 1 atom stereocenters. The number of rotatable bonds is 14. The maximum atomic E-state index is 12.7. The summed E-state index contributed by atoms with van der Waals surface area (Å²) in [5, 5.41) is 12.7. The number of anilines is 3. The third-order valence-electron chi connectivity index (χ3n) is 6.21. The third kappa shape index (κ3) is 6.72. The Labute approximate surface area is 206 Å². The molecule has 3 aromatic rings. The smallest absolute Gasteiger partial charge is 0.326 e.